The number of carbonyl (C=O) groups excluding carboxylic acids is 1. The lowest BCUT2D eigenvalue weighted by molar-refractivity contribution is 0.174. The molecule has 25 heavy (non-hydrogen) atoms. The molecule has 1 aromatic carbocycles. The van der Waals surface area contributed by atoms with Gasteiger partial charge in [0.25, 0.3) is 0 Å². The molecule has 2 heterocycles. The van der Waals surface area contributed by atoms with E-state index in [1.165, 1.54) is 0 Å². The molecule has 0 bridgehead atoms. The molecule has 1 aliphatic rings. The van der Waals surface area contributed by atoms with Crippen LogP contribution in [0, 0.1) is 6.92 Å². The van der Waals surface area contributed by atoms with Gasteiger partial charge in [0, 0.05) is 24.8 Å². The maximum Gasteiger partial charge on any atom is 0.322 e. The van der Waals surface area contributed by atoms with Crippen LogP contribution in [-0.4, -0.2) is 49.8 Å². The fourth-order valence-electron chi connectivity index (χ4n) is 2.51. The largest absolute Gasteiger partial charge is 0.464 e. The van der Waals surface area contributed by atoms with Crippen LogP contribution in [0.25, 0.3) is 0 Å². The normalized spacial score (nSPS) is 12.5. The van der Waals surface area contributed by atoms with Crippen molar-refractivity contribution in [2.24, 2.45) is 0 Å². The Labute approximate surface area is 147 Å². The SMILES string of the molecule is Cc1ccc(CN(CCN(C)C)C(=O)Nc2ccc3c(c2)OCO3)o1. The lowest BCUT2D eigenvalue weighted by atomic mass is 10.3. The van der Waals surface area contributed by atoms with Gasteiger partial charge in [0.15, 0.2) is 11.5 Å². The zero-order valence-electron chi connectivity index (χ0n) is 14.7. The number of nitrogens with one attached hydrogen (secondary N) is 1. The van der Waals surface area contributed by atoms with Crippen molar-refractivity contribution in [2.45, 2.75) is 13.5 Å². The van der Waals surface area contributed by atoms with Gasteiger partial charge in [0.05, 0.1) is 6.54 Å². The molecule has 0 spiro atoms. The molecule has 0 fully saturated rings. The fourth-order valence-corrected chi connectivity index (χ4v) is 2.51. The lowest BCUT2D eigenvalue weighted by Crippen LogP contribution is -2.38. The molecule has 7 heteroatoms. The van der Waals surface area contributed by atoms with Gasteiger partial charge in [0.1, 0.15) is 11.5 Å². The van der Waals surface area contributed by atoms with E-state index in [0.29, 0.717) is 30.3 Å². The number of aryl methyl sites for hydroxylation is 1. The summed E-state index contributed by atoms with van der Waals surface area (Å²) in [5.74, 6) is 2.92. The number of anilines is 1. The summed E-state index contributed by atoms with van der Waals surface area (Å²) in [4.78, 5) is 16.5. The van der Waals surface area contributed by atoms with Crippen molar-refractivity contribution in [3.05, 3.63) is 41.9 Å². The second kappa shape index (κ2) is 7.48. The van der Waals surface area contributed by atoms with E-state index in [2.05, 4.69) is 5.32 Å². The number of carbonyl (C=O) groups is 1. The highest BCUT2D eigenvalue weighted by Gasteiger charge is 2.18. The minimum Gasteiger partial charge on any atom is -0.464 e. The number of benzene rings is 1. The average Bonchev–Trinajstić information content (AvgIpc) is 3.19. The minimum atomic E-state index is -0.185. The van der Waals surface area contributed by atoms with Crippen molar-refractivity contribution in [1.29, 1.82) is 0 Å². The Balaban J connectivity index is 1.69. The van der Waals surface area contributed by atoms with Gasteiger partial charge in [-0.15, -0.1) is 0 Å². The van der Waals surface area contributed by atoms with Gasteiger partial charge in [0.2, 0.25) is 6.79 Å². The van der Waals surface area contributed by atoms with Gasteiger partial charge >= 0.3 is 6.03 Å². The Morgan fingerprint density at radius 1 is 1.12 bits per heavy atom. The van der Waals surface area contributed by atoms with Crippen LogP contribution in [0.2, 0.25) is 0 Å². The third-order valence-corrected chi connectivity index (χ3v) is 3.87. The van der Waals surface area contributed by atoms with Crippen LogP contribution in [0.3, 0.4) is 0 Å². The highest BCUT2D eigenvalue weighted by atomic mass is 16.7. The van der Waals surface area contributed by atoms with Crippen LogP contribution in [0.4, 0.5) is 10.5 Å². The maximum atomic E-state index is 12.7. The Hall–Kier alpha value is -2.67. The van der Waals surface area contributed by atoms with Gasteiger partial charge in [-0.05, 0) is 45.3 Å². The Morgan fingerprint density at radius 2 is 1.92 bits per heavy atom. The van der Waals surface area contributed by atoms with E-state index in [4.69, 9.17) is 13.9 Å². The molecule has 1 N–H and O–H groups in total. The third kappa shape index (κ3) is 4.45. The molecule has 0 saturated heterocycles. The molecule has 0 unspecified atom stereocenters. The number of nitrogens with zero attached hydrogens (tertiary/aromatic N) is 2. The van der Waals surface area contributed by atoms with Crippen molar-refractivity contribution in [2.75, 3.05) is 39.3 Å². The second-order valence-corrected chi connectivity index (χ2v) is 6.24. The number of furan rings is 1. The van der Waals surface area contributed by atoms with Gasteiger partial charge < -0.3 is 29.0 Å². The van der Waals surface area contributed by atoms with E-state index in [1.807, 2.05) is 38.1 Å². The first kappa shape index (κ1) is 17.2. The van der Waals surface area contributed by atoms with Crippen LogP contribution >= 0.6 is 0 Å². The lowest BCUT2D eigenvalue weighted by Gasteiger charge is -2.24. The van der Waals surface area contributed by atoms with Crippen LogP contribution in [0.15, 0.2) is 34.7 Å². The quantitative estimate of drug-likeness (QED) is 0.872. The van der Waals surface area contributed by atoms with Gasteiger partial charge in [-0.25, -0.2) is 4.79 Å². The van der Waals surface area contributed by atoms with E-state index in [9.17, 15) is 4.79 Å². The summed E-state index contributed by atoms with van der Waals surface area (Å²) in [5.41, 5.74) is 0.666. The van der Waals surface area contributed by atoms with Crippen LogP contribution in [-0.2, 0) is 6.54 Å². The van der Waals surface area contributed by atoms with E-state index in [0.717, 1.165) is 18.1 Å². The summed E-state index contributed by atoms with van der Waals surface area (Å²) < 4.78 is 16.2. The molecule has 1 aliphatic heterocycles. The van der Waals surface area contributed by atoms with Crippen molar-refractivity contribution < 1.29 is 18.7 Å². The summed E-state index contributed by atoms with van der Waals surface area (Å²) >= 11 is 0. The third-order valence-electron chi connectivity index (χ3n) is 3.87. The Kier molecular flexibility index (Phi) is 5.14. The average molecular weight is 345 g/mol. The number of ether oxygens (including phenoxy) is 2. The first-order valence-electron chi connectivity index (χ1n) is 8.17. The molecule has 3 rings (SSSR count). The second-order valence-electron chi connectivity index (χ2n) is 6.24. The van der Waals surface area contributed by atoms with E-state index in [-0.39, 0.29) is 12.8 Å². The smallest absolute Gasteiger partial charge is 0.322 e. The van der Waals surface area contributed by atoms with Crippen LogP contribution < -0.4 is 14.8 Å². The summed E-state index contributed by atoms with van der Waals surface area (Å²) in [7, 11) is 3.95. The Morgan fingerprint density at radius 3 is 2.64 bits per heavy atom. The van der Waals surface area contributed by atoms with E-state index >= 15 is 0 Å². The van der Waals surface area contributed by atoms with Gasteiger partial charge in [-0.2, -0.15) is 0 Å². The molecule has 7 nitrogen and oxygen atoms in total. The van der Waals surface area contributed by atoms with Crippen molar-refractivity contribution >= 4 is 11.7 Å². The molecule has 134 valence electrons. The highest BCUT2D eigenvalue weighted by molar-refractivity contribution is 5.89. The summed E-state index contributed by atoms with van der Waals surface area (Å²) in [6.07, 6.45) is 0. The molecule has 0 atom stereocenters. The van der Waals surface area contributed by atoms with Crippen molar-refractivity contribution in [3.63, 3.8) is 0 Å². The van der Waals surface area contributed by atoms with Crippen molar-refractivity contribution in [3.8, 4) is 11.5 Å². The zero-order chi connectivity index (χ0) is 17.8. The predicted octanol–water partition coefficient (Wildman–Crippen LogP) is 2.91. The fraction of sp³-hybridized carbons (Fsp3) is 0.389. The van der Waals surface area contributed by atoms with Crippen molar-refractivity contribution in [1.82, 2.24) is 9.80 Å². The number of amides is 2. The molecular weight excluding hydrogens is 322 g/mol. The zero-order valence-corrected chi connectivity index (χ0v) is 14.7. The number of hydrogen-bond donors (Lipinski definition) is 1. The number of rotatable bonds is 6. The number of fused-ring (bicyclic) bond motifs is 1. The molecular formula is C18H23N3O4. The van der Waals surface area contributed by atoms with Gasteiger partial charge in [-0.3, -0.25) is 0 Å². The number of hydrogen-bond acceptors (Lipinski definition) is 5. The van der Waals surface area contributed by atoms with E-state index < -0.39 is 0 Å². The molecule has 0 saturated carbocycles. The number of likely N-dealkylation sites (N-methyl/N-ethyl adjacent to an activating group) is 1. The maximum absolute atomic E-state index is 12.7. The Bertz CT molecular complexity index is 742. The molecule has 0 radical (unpaired) electrons. The summed E-state index contributed by atoms with van der Waals surface area (Å²) in [6.45, 7) is 3.86. The summed E-state index contributed by atoms with van der Waals surface area (Å²) in [6, 6.07) is 8.96. The predicted molar refractivity (Wildman–Crippen MR) is 94.0 cm³/mol. The molecule has 1 aromatic heterocycles. The van der Waals surface area contributed by atoms with Crippen LogP contribution in [0.5, 0.6) is 11.5 Å². The highest BCUT2D eigenvalue weighted by Crippen LogP contribution is 2.34. The minimum absolute atomic E-state index is 0.185. The number of urea groups is 1. The first-order chi connectivity index (χ1) is 12.0. The monoisotopic (exact) mass is 345 g/mol. The van der Waals surface area contributed by atoms with E-state index in [1.54, 1.807) is 23.1 Å². The van der Waals surface area contributed by atoms with Gasteiger partial charge in [-0.1, -0.05) is 0 Å². The topological polar surface area (TPSA) is 67.2 Å². The van der Waals surface area contributed by atoms with Crippen LogP contribution in [0.1, 0.15) is 11.5 Å². The molecule has 2 aromatic rings. The molecule has 0 aliphatic carbocycles. The standard InChI is InChI=1S/C18H23N3O4/c1-13-4-6-15(25-13)11-21(9-8-20(2)3)18(22)19-14-5-7-16-17(10-14)24-12-23-16/h4-7,10H,8-9,11-12H2,1-3H3,(H,19,22). The summed E-state index contributed by atoms with van der Waals surface area (Å²) in [5, 5.41) is 2.91. The first-order valence-corrected chi connectivity index (χ1v) is 8.17. The molecule has 2 amide bonds.